The highest BCUT2D eigenvalue weighted by molar-refractivity contribution is 6.18. The molecule has 0 bridgehead atoms. The third kappa shape index (κ3) is 5.46. The zero-order chi connectivity index (χ0) is 27.6. The molecule has 38 heavy (non-hydrogen) atoms. The number of aryl methyl sites for hydroxylation is 1. The Morgan fingerprint density at radius 2 is 1.95 bits per heavy atom. The summed E-state index contributed by atoms with van der Waals surface area (Å²) in [5, 5.41) is 18.0. The van der Waals surface area contributed by atoms with E-state index in [9.17, 15) is 24.4 Å². The topological polar surface area (TPSA) is 137 Å². The summed E-state index contributed by atoms with van der Waals surface area (Å²) < 4.78 is 6.01. The van der Waals surface area contributed by atoms with Gasteiger partial charge in [-0.05, 0) is 93.4 Å². The molecule has 7 atom stereocenters. The van der Waals surface area contributed by atoms with Crippen LogP contribution in [0.2, 0.25) is 0 Å². The van der Waals surface area contributed by atoms with Crippen molar-refractivity contribution >= 4 is 29.5 Å². The lowest BCUT2D eigenvalue weighted by Gasteiger charge is -2.50. The molecule has 1 aromatic carbocycles. The van der Waals surface area contributed by atoms with Crippen molar-refractivity contribution in [3.05, 3.63) is 34.2 Å². The number of nitrogens with one attached hydrogen (secondary N) is 2. The van der Waals surface area contributed by atoms with Crippen LogP contribution in [-0.4, -0.2) is 58.6 Å². The normalized spacial score (nSPS) is 29.1. The Balaban J connectivity index is 1.33. The number of benzene rings is 1. The van der Waals surface area contributed by atoms with E-state index in [1.165, 1.54) is 18.1 Å². The molecule has 3 aliphatic rings. The highest BCUT2D eigenvalue weighted by Crippen LogP contribution is 2.61. The number of hydrogen-bond donors (Lipinski definition) is 3. The van der Waals surface area contributed by atoms with E-state index in [2.05, 4.69) is 28.9 Å². The van der Waals surface area contributed by atoms with Gasteiger partial charge in [-0.25, -0.2) is 9.59 Å². The first-order chi connectivity index (χ1) is 18.1. The van der Waals surface area contributed by atoms with Crippen molar-refractivity contribution in [3.63, 3.8) is 0 Å². The first kappa shape index (κ1) is 28.1. The monoisotopic (exact) mass is 548 g/mol. The second-order valence-corrected chi connectivity index (χ2v) is 11.5. The van der Waals surface area contributed by atoms with Gasteiger partial charge in [-0.1, -0.05) is 13.0 Å². The summed E-state index contributed by atoms with van der Waals surface area (Å²) in [5.74, 6) is 0.689. The van der Waals surface area contributed by atoms with E-state index in [0.29, 0.717) is 28.5 Å². The van der Waals surface area contributed by atoms with Crippen LogP contribution in [0, 0.1) is 22.2 Å². The Kier molecular flexibility index (Phi) is 8.49. The molecule has 208 valence electrons. The summed E-state index contributed by atoms with van der Waals surface area (Å²) in [6.07, 6.45) is 5.55. The van der Waals surface area contributed by atoms with Crippen molar-refractivity contribution in [1.82, 2.24) is 15.6 Å². The number of phenols is 1. The molecule has 2 fully saturated rings. The van der Waals surface area contributed by atoms with Crippen LogP contribution in [0.4, 0.5) is 4.79 Å². The van der Waals surface area contributed by atoms with Crippen LogP contribution in [0.15, 0.2) is 23.5 Å². The maximum atomic E-state index is 13.0. The Hall–Kier alpha value is -2.88. The second kappa shape index (κ2) is 11.5. The number of alkyl halides is 1. The molecule has 0 heterocycles. The molecule has 0 saturated heterocycles. The van der Waals surface area contributed by atoms with Crippen molar-refractivity contribution in [1.29, 1.82) is 0 Å². The van der Waals surface area contributed by atoms with E-state index in [-0.39, 0.29) is 23.9 Å². The molecule has 2 unspecified atom stereocenters. The van der Waals surface area contributed by atoms with Gasteiger partial charge in [-0.15, -0.1) is 16.5 Å². The molecule has 10 nitrogen and oxygen atoms in total. The number of esters is 1. The van der Waals surface area contributed by atoms with Gasteiger partial charge < -0.3 is 20.5 Å². The highest BCUT2D eigenvalue weighted by atomic mass is 35.5. The van der Waals surface area contributed by atoms with E-state index in [4.69, 9.17) is 16.3 Å². The fourth-order valence-electron chi connectivity index (χ4n) is 6.94. The number of ether oxygens (including phenoxy) is 1. The smallest absolute Gasteiger partial charge is 0.341 e. The fraction of sp³-hybridized carbons (Fsp3) is 0.667. The highest BCUT2D eigenvalue weighted by Gasteiger charge is 2.56. The SMILES string of the molecule is CC(NC(=O)N(CCCl)N=O)C(=O)NC(C)C(=O)O[C@H]1CC[C@H]2[C@@H]3CCc4cc(O)ccc4[C@H]3CC[C@]12C. The van der Waals surface area contributed by atoms with E-state index in [1.54, 1.807) is 13.0 Å². The predicted octanol–water partition coefficient (Wildman–Crippen LogP) is 3.99. The lowest BCUT2D eigenvalue weighted by molar-refractivity contribution is -0.160. The summed E-state index contributed by atoms with van der Waals surface area (Å²) in [6, 6.07) is 3.01. The minimum Gasteiger partial charge on any atom is -0.508 e. The number of urea groups is 1. The molecule has 0 aromatic heterocycles. The van der Waals surface area contributed by atoms with Crippen LogP contribution in [-0.2, 0) is 20.7 Å². The third-order valence-electron chi connectivity index (χ3n) is 8.96. The number of carbonyl (C=O) groups is 3. The molecule has 3 N–H and O–H groups in total. The molecule has 0 aliphatic heterocycles. The standard InChI is InChI=1S/C27H37ClN4O6/c1-15(30-26(36)32(31-37)13-12-28)24(34)29-16(2)25(35)38-23-9-8-22-21-6-4-17-14-18(33)5-7-19(17)20(21)10-11-27(22,23)3/h5,7,14-16,20-23,33H,4,6,8-13H2,1-3H3,(H,29,34)(H,30,36)/t15?,16?,20-,21-,22+,23+,27+/m1/s1. The van der Waals surface area contributed by atoms with Gasteiger partial charge in [0, 0.05) is 11.3 Å². The summed E-state index contributed by atoms with van der Waals surface area (Å²) in [6.45, 7) is 5.15. The van der Waals surface area contributed by atoms with Crippen molar-refractivity contribution < 1.29 is 24.2 Å². The van der Waals surface area contributed by atoms with Crippen LogP contribution in [0.5, 0.6) is 5.75 Å². The van der Waals surface area contributed by atoms with Gasteiger partial charge in [0.25, 0.3) is 0 Å². The molecule has 3 amide bonds. The Bertz CT molecular complexity index is 1090. The lowest BCUT2D eigenvalue weighted by atomic mass is 9.55. The average molecular weight is 549 g/mol. The molecule has 3 aliphatic carbocycles. The first-order valence-electron chi connectivity index (χ1n) is 13.4. The molecule has 11 heteroatoms. The number of rotatable bonds is 8. The number of fused-ring (bicyclic) bond motifs is 5. The Labute approximate surface area is 227 Å². The van der Waals surface area contributed by atoms with Crippen LogP contribution in [0.1, 0.15) is 69.9 Å². The van der Waals surface area contributed by atoms with Crippen molar-refractivity contribution in [2.45, 2.75) is 83.4 Å². The van der Waals surface area contributed by atoms with Gasteiger partial charge in [0.05, 0.1) is 11.8 Å². The predicted molar refractivity (Wildman–Crippen MR) is 141 cm³/mol. The van der Waals surface area contributed by atoms with Gasteiger partial charge in [0.1, 0.15) is 23.9 Å². The second-order valence-electron chi connectivity index (χ2n) is 11.1. The van der Waals surface area contributed by atoms with Crippen LogP contribution < -0.4 is 10.6 Å². The maximum absolute atomic E-state index is 13.0. The van der Waals surface area contributed by atoms with E-state index >= 15 is 0 Å². The van der Waals surface area contributed by atoms with E-state index in [0.717, 1.165) is 38.5 Å². The van der Waals surface area contributed by atoms with E-state index < -0.39 is 30.0 Å². The molecule has 0 radical (unpaired) electrons. The molecule has 1 aromatic rings. The van der Waals surface area contributed by atoms with Gasteiger partial charge in [0.2, 0.25) is 5.91 Å². The number of hydrogen-bond acceptors (Lipinski definition) is 7. The number of nitrogens with zero attached hydrogens (tertiary/aromatic N) is 2. The average Bonchev–Trinajstić information content (AvgIpc) is 3.22. The quantitative estimate of drug-likeness (QED) is 0.194. The van der Waals surface area contributed by atoms with Crippen molar-refractivity contribution in [2.24, 2.45) is 22.5 Å². The van der Waals surface area contributed by atoms with Crippen molar-refractivity contribution in [2.75, 3.05) is 12.4 Å². The Morgan fingerprint density at radius 3 is 2.66 bits per heavy atom. The lowest BCUT2D eigenvalue weighted by Crippen LogP contribution is -2.52. The molecule has 4 rings (SSSR count). The minimum atomic E-state index is -1.00. The third-order valence-corrected chi connectivity index (χ3v) is 9.13. The number of carbonyl (C=O) groups excluding carboxylic acids is 3. The molecule has 0 spiro atoms. The number of halogens is 1. The fourth-order valence-corrected chi connectivity index (χ4v) is 7.10. The van der Waals surface area contributed by atoms with Crippen LogP contribution >= 0.6 is 11.6 Å². The first-order valence-corrected chi connectivity index (χ1v) is 13.9. The largest absolute Gasteiger partial charge is 0.508 e. The summed E-state index contributed by atoms with van der Waals surface area (Å²) in [5.41, 5.74) is 2.48. The molecule has 2 saturated carbocycles. The van der Waals surface area contributed by atoms with Gasteiger partial charge in [0.15, 0.2) is 0 Å². The van der Waals surface area contributed by atoms with Gasteiger partial charge in [-0.3, -0.25) is 4.79 Å². The summed E-state index contributed by atoms with van der Waals surface area (Å²) in [7, 11) is 0. The zero-order valence-corrected chi connectivity index (χ0v) is 22.9. The van der Waals surface area contributed by atoms with Gasteiger partial charge >= 0.3 is 12.0 Å². The summed E-state index contributed by atoms with van der Waals surface area (Å²) in [4.78, 5) is 48.4. The Morgan fingerprint density at radius 1 is 1.18 bits per heavy atom. The zero-order valence-electron chi connectivity index (χ0n) is 22.1. The van der Waals surface area contributed by atoms with Crippen LogP contribution in [0.3, 0.4) is 0 Å². The summed E-state index contributed by atoms with van der Waals surface area (Å²) >= 11 is 5.54. The van der Waals surface area contributed by atoms with E-state index in [1.807, 2.05) is 6.07 Å². The molecular formula is C27H37ClN4O6. The number of amides is 3. The van der Waals surface area contributed by atoms with Crippen LogP contribution in [0.25, 0.3) is 0 Å². The number of aromatic hydroxyl groups is 1. The van der Waals surface area contributed by atoms with Gasteiger partial charge in [-0.2, -0.15) is 5.01 Å². The van der Waals surface area contributed by atoms with Crippen molar-refractivity contribution in [3.8, 4) is 5.75 Å². The number of nitroso groups, excluding NO2 is 1. The minimum absolute atomic E-state index is 0.0167. The number of phenolic OH excluding ortho intramolecular Hbond substituents is 1. The maximum Gasteiger partial charge on any atom is 0.341 e. The molecular weight excluding hydrogens is 512 g/mol.